The molecule has 2 rings (SSSR count). The third-order valence-electron chi connectivity index (χ3n) is 4.91. The number of hydrogen-bond donors (Lipinski definition) is 2. The number of carbonyl (C=O) groups is 2. The summed E-state index contributed by atoms with van der Waals surface area (Å²) in [4.78, 5) is 28.4. The molecule has 2 unspecified atom stereocenters. The van der Waals surface area contributed by atoms with Gasteiger partial charge in [-0.3, -0.25) is 19.4 Å². The largest absolute Gasteiger partial charge is 0.353 e. The van der Waals surface area contributed by atoms with E-state index >= 15 is 0 Å². The van der Waals surface area contributed by atoms with Crippen molar-refractivity contribution in [1.82, 2.24) is 15.1 Å². The molecule has 0 aliphatic carbocycles. The van der Waals surface area contributed by atoms with Gasteiger partial charge in [0.25, 0.3) is 0 Å². The molecule has 6 nitrogen and oxygen atoms in total. The first kappa shape index (κ1) is 21.2. The van der Waals surface area contributed by atoms with Crippen LogP contribution in [0.25, 0.3) is 0 Å². The summed E-state index contributed by atoms with van der Waals surface area (Å²) in [6, 6.07) is 2.76. The quantitative estimate of drug-likeness (QED) is 0.755. The van der Waals surface area contributed by atoms with E-state index in [1.54, 1.807) is 6.92 Å². The number of amides is 2. The van der Waals surface area contributed by atoms with Gasteiger partial charge in [0.1, 0.15) is 11.6 Å². The Hall–Kier alpha value is -2.06. The zero-order chi connectivity index (χ0) is 20.0. The first-order valence-corrected chi connectivity index (χ1v) is 9.31. The molecule has 0 bridgehead atoms. The van der Waals surface area contributed by atoms with Crippen molar-refractivity contribution in [1.29, 1.82) is 0 Å². The van der Waals surface area contributed by atoms with E-state index in [0.29, 0.717) is 32.7 Å². The maximum absolute atomic E-state index is 13.7. The maximum Gasteiger partial charge on any atom is 0.241 e. The Bertz CT molecular complexity index is 663. The van der Waals surface area contributed by atoms with Crippen LogP contribution in [0.2, 0.25) is 0 Å². The molecule has 1 aliphatic heterocycles. The van der Waals surface area contributed by atoms with Crippen LogP contribution in [0.4, 0.5) is 14.5 Å². The second-order valence-corrected chi connectivity index (χ2v) is 6.98. The summed E-state index contributed by atoms with van der Waals surface area (Å²) in [5.41, 5.74) is -0.0337. The topological polar surface area (TPSA) is 64.7 Å². The maximum atomic E-state index is 13.7. The Morgan fingerprint density at radius 3 is 2.41 bits per heavy atom. The van der Waals surface area contributed by atoms with Crippen molar-refractivity contribution in [2.24, 2.45) is 0 Å². The monoisotopic (exact) mass is 382 g/mol. The molecule has 150 valence electrons. The molecule has 2 N–H and O–H groups in total. The summed E-state index contributed by atoms with van der Waals surface area (Å²) in [5.74, 6) is -1.82. The van der Waals surface area contributed by atoms with Gasteiger partial charge >= 0.3 is 0 Å². The van der Waals surface area contributed by atoms with Crippen molar-refractivity contribution >= 4 is 17.5 Å². The molecule has 1 saturated heterocycles. The summed E-state index contributed by atoms with van der Waals surface area (Å²) in [5, 5.41) is 5.45. The molecule has 1 heterocycles. The molecule has 1 aromatic rings. The van der Waals surface area contributed by atoms with Crippen LogP contribution in [0.5, 0.6) is 0 Å². The minimum atomic E-state index is -0.798. The smallest absolute Gasteiger partial charge is 0.241 e. The fourth-order valence-corrected chi connectivity index (χ4v) is 2.93. The molecule has 2 atom stereocenters. The van der Waals surface area contributed by atoms with Crippen LogP contribution in [0.15, 0.2) is 18.2 Å². The fourth-order valence-electron chi connectivity index (χ4n) is 2.93. The Morgan fingerprint density at radius 2 is 1.81 bits per heavy atom. The van der Waals surface area contributed by atoms with E-state index in [9.17, 15) is 18.4 Å². The molecular weight excluding hydrogens is 354 g/mol. The lowest BCUT2D eigenvalue weighted by atomic mass is 10.2. The number of nitrogens with zero attached hydrogens (tertiary/aromatic N) is 2. The van der Waals surface area contributed by atoms with Crippen molar-refractivity contribution in [3.63, 3.8) is 0 Å². The highest BCUT2D eigenvalue weighted by molar-refractivity contribution is 5.94. The standard InChI is InChI=1S/C19H28F2N4O2/c1-4-13(2)22-18(26)12-24-7-9-25(10-8-24)14(3)19(27)23-17-6-5-15(20)11-16(17)21/h5-6,11,13-14H,4,7-10,12H2,1-3H3,(H,22,26)(H,23,27). The fraction of sp³-hybridized carbons (Fsp3) is 0.579. The SMILES string of the molecule is CCC(C)NC(=O)CN1CCN(C(C)C(=O)Nc2ccc(F)cc2F)CC1. The lowest BCUT2D eigenvalue weighted by molar-refractivity contribution is -0.125. The van der Waals surface area contributed by atoms with Crippen LogP contribution in [-0.2, 0) is 9.59 Å². The van der Waals surface area contributed by atoms with Gasteiger partial charge in [-0.25, -0.2) is 8.78 Å². The van der Waals surface area contributed by atoms with Crippen molar-refractivity contribution in [3.8, 4) is 0 Å². The summed E-state index contributed by atoms with van der Waals surface area (Å²) in [7, 11) is 0. The third-order valence-corrected chi connectivity index (χ3v) is 4.91. The second kappa shape index (κ2) is 9.75. The highest BCUT2D eigenvalue weighted by Crippen LogP contribution is 2.16. The van der Waals surface area contributed by atoms with Crippen LogP contribution in [0.1, 0.15) is 27.2 Å². The van der Waals surface area contributed by atoms with Crippen LogP contribution < -0.4 is 10.6 Å². The van der Waals surface area contributed by atoms with Gasteiger partial charge in [-0.1, -0.05) is 6.92 Å². The lowest BCUT2D eigenvalue weighted by Crippen LogP contribution is -2.54. The number of hydrogen-bond acceptors (Lipinski definition) is 4. The Labute approximate surface area is 158 Å². The van der Waals surface area contributed by atoms with Gasteiger partial charge < -0.3 is 10.6 Å². The summed E-state index contributed by atoms with van der Waals surface area (Å²) in [6.07, 6.45) is 0.890. The van der Waals surface area contributed by atoms with Crippen LogP contribution in [0.3, 0.4) is 0 Å². The minimum Gasteiger partial charge on any atom is -0.353 e. The van der Waals surface area contributed by atoms with Gasteiger partial charge in [0.05, 0.1) is 18.3 Å². The molecule has 0 saturated carbocycles. The zero-order valence-electron chi connectivity index (χ0n) is 16.1. The van der Waals surface area contributed by atoms with Crippen molar-refractivity contribution in [3.05, 3.63) is 29.8 Å². The Morgan fingerprint density at radius 1 is 1.15 bits per heavy atom. The molecule has 1 aliphatic rings. The first-order valence-electron chi connectivity index (χ1n) is 9.31. The number of piperazine rings is 1. The van der Waals surface area contributed by atoms with Gasteiger partial charge in [-0.05, 0) is 32.4 Å². The van der Waals surface area contributed by atoms with Gasteiger partial charge in [0, 0.05) is 38.3 Å². The first-order chi connectivity index (χ1) is 12.8. The zero-order valence-corrected chi connectivity index (χ0v) is 16.1. The number of rotatable bonds is 7. The number of halogens is 2. The normalized spacial score (nSPS) is 18.0. The van der Waals surface area contributed by atoms with Gasteiger partial charge in [-0.15, -0.1) is 0 Å². The van der Waals surface area contributed by atoms with E-state index in [1.165, 1.54) is 6.07 Å². The van der Waals surface area contributed by atoms with Crippen molar-refractivity contribution in [2.75, 3.05) is 38.0 Å². The van der Waals surface area contributed by atoms with Gasteiger partial charge in [0.15, 0.2) is 0 Å². The van der Waals surface area contributed by atoms with Crippen LogP contribution in [0, 0.1) is 11.6 Å². The van der Waals surface area contributed by atoms with Crippen molar-refractivity contribution < 1.29 is 18.4 Å². The Kier molecular flexibility index (Phi) is 7.67. The van der Waals surface area contributed by atoms with E-state index in [0.717, 1.165) is 18.6 Å². The van der Waals surface area contributed by atoms with Crippen molar-refractivity contribution in [2.45, 2.75) is 39.3 Å². The van der Waals surface area contributed by atoms with E-state index in [-0.39, 0.29) is 23.5 Å². The molecule has 0 spiro atoms. The second-order valence-electron chi connectivity index (χ2n) is 6.98. The molecule has 1 fully saturated rings. The van der Waals surface area contributed by atoms with Crippen LogP contribution >= 0.6 is 0 Å². The minimum absolute atomic E-state index is 0.00961. The van der Waals surface area contributed by atoms with E-state index in [2.05, 4.69) is 15.5 Å². The van der Waals surface area contributed by atoms with E-state index < -0.39 is 17.7 Å². The van der Waals surface area contributed by atoms with E-state index in [4.69, 9.17) is 0 Å². The molecule has 0 aromatic heterocycles. The predicted molar refractivity (Wildman–Crippen MR) is 100 cm³/mol. The molecule has 27 heavy (non-hydrogen) atoms. The van der Waals surface area contributed by atoms with Gasteiger partial charge in [-0.2, -0.15) is 0 Å². The van der Waals surface area contributed by atoms with E-state index in [1.807, 2.05) is 18.7 Å². The molecule has 8 heteroatoms. The number of carbonyl (C=O) groups excluding carboxylic acids is 2. The highest BCUT2D eigenvalue weighted by Gasteiger charge is 2.27. The predicted octanol–water partition coefficient (Wildman–Crippen LogP) is 1.82. The molecule has 0 radical (unpaired) electrons. The third kappa shape index (κ3) is 6.25. The summed E-state index contributed by atoms with van der Waals surface area (Å²) in [6.45, 7) is 8.72. The summed E-state index contributed by atoms with van der Waals surface area (Å²) >= 11 is 0. The molecular formula is C19H28F2N4O2. The highest BCUT2D eigenvalue weighted by atomic mass is 19.1. The number of nitrogens with one attached hydrogen (secondary N) is 2. The summed E-state index contributed by atoms with van der Waals surface area (Å²) < 4.78 is 26.6. The average Bonchev–Trinajstić information content (AvgIpc) is 2.63. The molecule has 1 aromatic carbocycles. The molecule has 2 amide bonds. The lowest BCUT2D eigenvalue weighted by Gasteiger charge is -2.37. The van der Waals surface area contributed by atoms with Gasteiger partial charge in [0.2, 0.25) is 11.8 Å². The van der Waals surface area contributed by atoms with Crippen LogP contribution in [-0.4, -0.2) is 66.4 Å². The Balaban J connectivity index is 1.80. The number of benzene rings is 1. The number of anilines is 1. The average molecular weight is 382 g/mol.